The second-order valence-electron chi connectivity index (χ2n) is 6.21. The summed E-state index contributed by atoms with van der Waals surface area (Å²) in [5, 5.41) is 4.83. The molecule has 0 fully saturated rings. The number of benzene rings is 3. The lowest BCUT2D eigenvalue weighted by atomic mass is 10.2. The number of anilines is 1. The zero-order chi connectivity index (χ0) is 18.6. The van der Waals surface area contributed by atoms with Gasteiger partial charge in [-0.2, -0.15) is 5.10 Å². The molecule has 0 amide bonds. The molecule has 1 aromatic heterocycles. The van der Waals surface area contributed by atoms with E-state index in [4.69, 9.17) is 0 Å². The zero-order valence-electron chi connectivity index (χ0n) is 14.8. The van der Waals surface area contributed by atoms with Crippen LogP contribution in [-0.4, -0.2) is 15.8 Å². The first-order valence-corrected chi connectivity index (χ1v) is 8.65. The topological polar surface area (TPSA) is 59.3 Å². The average molecular weight is 354 g/mol. The molecule has 4 rings (SSSR count). The molecule has 5 nitrogen and oxygen atoms in total. The van der Waals surface area contributed by atoms with Gasteiger partial charge < -0.3 is 0 Å². The third-order valence-corrected chi connectivity index (χ3v) is 4.25. The number of aromatic nitrogens is 2. The highest BCUT2D eigenvalue weighted by atomic mass is 16.1. The lowest BCUT2D eigenvalue weighted by Crippen LogP contribution is -2.22. The Morgan fingerprint density at radius 2 is 1.63 bits per heavy atom. The van der Waals surface area contributed by atoms with Crippen LogP contribution in [0.4, 0.5) is 5.95 Å². The van der Waals surface area contributed by atoms with E-state index < -0.39 is 0 Å². The van der Waals surface area contributed by atoms with E-state index in [9.17, 15) is 4.79 Å². The lowest BCUT2D eigenvalue weighted by Gasteiger charge is -2.13. The molecule has 0 spiro atoms. The Morgan fingerprint density at radius 3 is 2.41 bits per heavy atom. The summed E-state index contributed by atoms with van der Waals surface area (Å²) in [4.78, 5) is 17.7. The van der Waals surface area contributed by atoms with E-state index >= 15 is 0 Å². The van der Waals surface area contributed by atoms with Gasteiger partial charge in [-0.25, -0.2) is 15.0 Å². The summed E-state index contributed by atoms with van der Waals surface area (Å²) in [5.41, 5.74) is 6.23. The fourth-order valence-corrected chi connectivity index (χ4v) is 2.84. The molecule has 4 aromatic rings. The smallest absolute Gasteiger partial charge is 0.267 e. The highest BCUT2D eigenvalue weighted by molar-refractivity contribution is 5.81. The van der Waals surface area contributed by atoms with E-state index in [1.807, 2.05) is 79.7 Å². The first-order chi connectivity index (χ1) is 13.2. The molecule has 27 heavy (non-hydrogen) atoms. The normalized spacial score (nSPS) is 11.1. The van der Waals surface area contributed by atoms with Crippen molar-refractivity contribution >= 4 is 23.1 Å². The molecular formula is C22H18N4O. The van der Waals surface area contributed by atoms with Crippen LogP contribution in [0.1, 0.15) is 11.1 Å². The lowest BCUT2D eigenvalue weighted by molar-refractivity contribution is 0.956. The van der Waals surface area contributed by atoms with Gasteiger partial charge in [-0.3, -0.25) is 4.79 Å². The van der Waals surface area contributed by atoms with Crippen molar-refractivity contribution in [3.8, 4) is 5.69 Å². The quantitative estimate of drug-likeness (QED) is 0.443. The van der Waals surface area contributed by atoms with Crippen LogP contribution >= 0.6 is 0 Å². The standard InChI is InChI=1S/C22H18N4O/c1-16-11-13-18(14-12-16)26-21(27)19-9-5-6-10-20(19)24-22(26)25-23-15-17-7-3-2-4-8-17/h2-15H,1H3,(H,24,25)/b23-15-. The summed E-state index contributed by atoms with van der Waals surface area (Å²) in [6.07, 6.45) is 1.70. The first-order valence-electron chi connectivity index (χ1n) is 8.65. The van der Waals surface area contributed by atoms with Gasteiger partial charge in [-0.05, 0) is 36.8 Å². The SMILES string of the molecule is Cc1ccc(-n2c(N/N=C\c3ccccc3)nc3ccccc3c2=O)cc1. The van der Waals surface area contributed by atoms with E-state index in [0.717, 1.165) is 16.8 Å². The minimum absolute atomic E-state index is 0.137. The molecule has 1 heterocycles. The summed E-state index contributed by atoms with van der Waals surface area (Å²) in [6.45, 7) is 2.01. The molecule has 0 atom stereocenters. The van der Waals surface area contributed by atoms with Crippen LogP contribution in [0.15, 0.2) is 88.8 Å². The third kappa shape index (κ3) is 3.48. The highest BCUT2D eigenvalue weighted by Gasteiger charge is 2.12. The molecule has 0 radical (unpaired) electrons. The molecule has 3 aromatic carbocycles. The Kier molecular flexibility index (Phi) is 4.49. The fourth-order valence-electron chi connectivity index (χ4n) is 2.84. The van der Waals surface area contributed by atoms with Gasteiger partial charge in [0, 0.05) is 0 Å². The minimum atomic E-state index is -0.137. The van der Waals surface area contributed by atoms with Crippen molar-refractivity contribution in [2.24, 2.45) is 5.10 Å². The molecule has 0 aliphatic rings. The van der Waals surface area contributed by atoms with E-state index in [-0.39, 0.29) is 5.56 Å². The summed E-state index contributed by atoms with van der Waals surface area (Å²) < 4.78 is 1.55. The number of hydrogen-bond donors (Lipinski definition) is 1. The molecule has 1 N–H and O–H groups in total. The van der Waals surface area contributed by atoms with E-state index in [2.05, 4.69) is 15.5 Å². The molecule has 0 unspecified atom stereocenters. The Bertz CT molecular complexity index is 1160. The molecule has 0 aliphatic carbocycles. The summed E-state index contributed by atoms with van der Waals surface area (Å²) in [5.74, 6) is 0.370. The van der Waals surface area contributed by atoms with Crippen molar-refractivity contribution in [2.75, 3.05) is 5.43 Å². The van der Waals surface area contributed by atoms with Crippen LogP contribution in [0.5, 0.6) is 0 Å². The zero-order valence-corrected chi connectivity index (χ0v) is 14.8. The monoisotopic (exact) mass is 354 g/mol. The second kappa shape index (κ2) is 7.25. The van der Waals surface area contributed by atoms with Gasteiger partial charge >= 0.3 is 0 Å². The number of hydrogen-bond acceptors (Lipinski definition) is 4. The predicted molar refractivity (Wildman–Crippen MR) is 110 cm³/mol. The molecule has 5 heteroatoms. The molecule has 0 saturated heterocycles. The van der Waals surface area contributed by atoms with E-state index in [0.29, 0.717) is 16.9 Å². The van der Waals surface area contributed by atoms with Gasteiger partial charge in [0.1, 0.15) is 0 Å². The van der Waals surface area contributed by atoms with Gasteiger partial charge in [0.15, 0.2) is 0 Å². The molecular weight excluding hydrogens is 336 g/mol. The predicted octanol–water partition coefficient (Wildman–Crippen LogP) is 4.14. The number of fused-ring (bicyclic) bond motifs is 1. The van der Waals surface area contributed by atoms with Crippen molar-refractivity contribution in [2.45, 2.75) is 6.92 Å². The number of nitrogens with one attached hydrogen (secondary N) is 1. The first kappa shape index (κ1) is 16.7. The van der Waals surface area contributed by atoms with E-state index in [1.165, 1.54) is 0 Å². The maximum absolute atomic E-state index is 13.1. The Balaban J connectivity index is 1.82. The largest absolute Gasteiger partial charge is 0.268 e. The molecule has 0 aliphatic heterocycles. The van der Waals surface area contributed by atoms with Crippen molar-refractivity contribution in [3.05, 3.63) is 100 Å². The van der Waals surface area contributed by atoms with Gasteiger partial charge in [0.2, 0.25) is 5.95 Å². The molecule has 0 saturated carbocycles. The number of aryl methyl sites for hydroxylation is 1. The summed E-state index contributed by atoms with van der Waals surface area (Å²) in [7, 11) is 0. The van der Waals surface area contributed by atoms with Crippen molar-refractivity contribution in [1.29, 1.82) is 0 Å². The Labute approximate surface area is 156 Å². The maximum Gasteiger partial charge on any atom is 0.267 e. The number of hydrazone groups is 1. The molecule has 132 valence electrons. The second-order valence-corrected chi connectivity index (χ2v) is 6.21. The van der Waals surface area contributed by atoms with Gasteiger partial charge in [-0.1, -0.05) is 60.2 Å². The van der Waals surface area contributed by atoms with Crippen molar-refractivity contribution in [1.82, 2.24) is 9.55 Å². The van der Waals surface area contributed by atoms with Crippen molar-refractivity contribution < 1.29 is 0 Å². The van der Waals surface area contributed by atoms with Gasteiger partial charge in [0.05, 0.1) is 22.8 Å². The Hall–Kier alpha value is -3.73. The number of rotatable bonds is 4. The van der Waals surface area contributed by atoms with Crippen LogP contribution in [0, 0.1) is 6.92 Å². The Morgan fingerprint density at radius 1 is 0.926 bits per heavy atom. The third-order valence-electron chi connectivity index (χ3n) is 4.25. The van der Waals surface area contributed by atoms with Crippen LogP contribution < -0.4 is 11.0 Å². The number of para-hydroxylation sites is 1. The van der Waals surface area contributed by atoms with E-state index in [1.54, 1.807) is 16.8 Å². The van der Waals surface area contributed by atoms with Gasteiger partial charge in [-0.15, -0.1) is 0 Å². The summed E-state index contributed by atoms with van der Waals surface area (Å²) >= 11 is 0. The van der Waals surface area contributed by atoms with Crippen LogP contribution in [-0.2, 0) is 0 Å². The average Bonchev–Trinajstić information content (AvgIpc) is 2.70. The number of nitrogens with zero attached hydrogens (tertiary/aromatic N) is 3. The summed E-state index contributed by atoms with van der Waals surface area (Å²) in [6, 6.07) is 24.8. The van der Waals surface area contributed by atoms with Crippen LogP contribution in [0.25, 0.3) is 16.6 Å². The molecule has 0 bridgehead atoms. The fraction of sp³-hybridized carbons (Fsp3) is 0.0455. The van der Waals surface area contributed by atoms with Crippen LogP contribution in [0.2, 0.25) is 0 Å². The minimum Gasteiger partial charge on any atom is -0.268 e. The highest BCUT2D eigenvalue weighted by Crippen LogP contribution is 2.16. The van der Waals surface area contributed by atoms with Gasteiger partial charge in [0.25, 0.3) is 5.56 Å². The maximum atomic E-state index is 13.1. The van der Waals surface area contributed by atoms with Crippen LogP contribution in [0.3, 0.4) is 0 Å². The van der Waals surface area contributed by atoms with Crippen molar-refractivity contribution in [3.63, 3.8) is 0 Å².